The molecule has 0 unspecified atom stereocenters. The fourth-order valence-electron chi connectivity index (χ4n) is 3.07. The van der Waals surface area contributed by atoms with Gasteiger partial charge in [-0.15, -0.1) is 0 Å². The van der Waals surface area contributed by atoms with Gasteiger partial charge in [0, 0.05) is 24.7 Å². The summed E-state index contributed by atoms with van der Waals surface area (Å²) in [6.45, 7) is 8.44. The van der Waals surface area contributed by atoms with Gasteiger partial charge in [0.1, 0.15) is 5.69 Å². The summed E-state index contributed by atoms with van der Waals surface area (Å²) in [7, 11) is 1.72. The number of nitrogens with one attached hydrogen (secondary N) is 2. The summed E-state index contributed by atoms with van der Waals surface area (Å²) in [5.74, 6) is -0.224. The lowest BCUT2D eigenvalue weighted by molar-refractivity contribution is 0.0942. The fourth-order valence-corrected chi connectivity index (χ4v) is 3.31. The van der Waals surface area contributed by atoms with E-state index >= 15 is 0 Å². The Morgan fingerprint density at radius 1 is 1.29 bits per heavy atom. The lowest BCUT2D eigenvalue weighted by Crippen LogP contribution is -2.25. The molecule has 6 heteroatoms. The van der Waals surface area contributed by atoms with E-state index in [9.17, 15) is 4.79 Å². The molecule has 0 fully saturated rings. The molecule has 24 heavy (non-hydrogen) atoms. The SMILES string of the molecule is Cc1cc(CNC(=O)c2c(Cl)c(C)nn2C)c2[nH]c(C)c(C)c2c1. The van der Waals surface area contributed by atoms with Crippen LogP contribution in [0.3, 0.4) is 0 Å². The first-order valence-corrected chi connectivity index (χ1v) is 8.23. The summed E-state index contributed by atoms with van der Waals surface area (Å²) < 4.78 is 1.52. The first-order valence-electron chi connectivity index (χ1n) is 7.85. The molecule has 5 nitrogen and oxygen atoms in total. The molecule has 0 aliphatic rings. The van der Waals surface area contributed by atoms with Crippen LogP contribution in [-0.4, -0.2) is 20.7 Å². The Balaban J connectivity index is 1.91. The number of nitrogens with zero attached hydrogens (tertiary/aromatic N) is 2. The van der Waals surface area contributed by atoms with E-state index in [0.717, 1.165) is 16.8 Å². The van der Waals surface area contributed by atoms with Crippen molar-refractivity contribution in [1.29, 1.82) is 0 Å². The number of carbonyl (C=O) groups is 1. The number of aryl methyl sites for hydroxylation is 5. The molecule has 0 radical (unpaired) electrons. The van der Waals surface area contributed by atoms with Crippen LogP contribution in [0.2, 0.25) is 5.02 Å². The summed E-state index contributed by atoms with van der Waals surface area (Å²) in [5.41, 5.74) is 6.73. The number of fused-ring (bicyclic) bond motifs is 1. The van der Waals surface area contributed by atoms with Gasteiger partial charge in [0.25, 0.3) is 5.91 Å². The number of aromatic amines is 1. The third-order valence-corrected chi connectivity index (χ3v) is 4.90. The van der Waals surface area contributed by atoms with Gasteiger partial charge in [-0.1, -0.05) is 23.2 Å². The number of rotatable bonds is 3. The van der Waals surface area contributed by atoms with Gasteiger partial charge in [-0.3, -0.25) is 9.48 Å². The topological polar surface area (TPSA) is 62.7 Å². The van der Waals surface area contributed by atoms with E-state index in [1.165, 1.54) is 21.2 Å². The van der Waals surface area contributed by atoms with Gasteiger partial charge in [0.2, 0.25) is 0 Å². The highest BCUT2D eigenvalue weighted by Gasteiger charge is 2.19. The van der Waals surface area contributed by atoms with Crippen LogP contribution in [0.4, 0.5) is 0 Å². The van der Waals surface area contributed by atoms with Gasteiger partial charge in [-0.2, -0.15) is 5.10 Å². The van der Waals surface area contributed by atoms with E-state index in [4.69, 9.17) is 11.6 Å². The Morgan fingerprint density at radius 3 is 2.62 bits per heavy atom. The van der Waals surface area contributed by atoms with Crippen molar-refractivity contribution in [3.63, 3.8) is 0 Å². The van der Waals surface area contributed by atoms with Crippen molar-refractivity contribution in [3.8, 4) is 0 Å². The maximum Gasteiger partial charge on any atom is 0.271 e. The minimum atomic E-state index is -0.224. The number of H-pyrrole nitrogens is 1. The van der Waals surface area contributed by atoms with E-state index in [0.29, 0.717) is 23.0 Å². The average molecular weight is 345 g/mol. The van der Waals surface area contributed by atoms with E-state index in [1.54, 1.807) is 14.0 Å². The summed E-state index contributed by atoms with van der Waals surface area (Å²) in [5, 5.41) is 8.74. The van der Waals surface area contributed by atoms with Crippen molar-refractivity contribution in [2.75, 3.05) is 0 Å². The second-order valence-electron chi connectivity index (χ2n) is 6.28. The Kier molecular flexibility index (Phi) is 4.13. The van der Waals surface area contributed by atoms with Crippen molar-refractivity contribution >= 4 is 28.4 Å². The highest BCUT2D eigenvalue weighted by molar-refractivity contribution is 6.34. The van der Waals surface area contributed by atoms with Crippen LogP contribution >= 0.6 is 11.6 Å². The highest BCUT2D eigenvalue weighted by Crippen LogP contribution is 2.26. The Hall–Kier alpha value is -2.27. The van der Waals surface area contributed by atoms with Crippen LogP contribution in [0.5, 0.6) is 0 Å². The van der Waals surface area contributed by atoms with Crippen LogP contribution in [0.15, 0.2) is 12.1 Å². The van der Waals surface area contributed by atoms with Crippen LogP contribution in [0, 0.1) is 27.7 Å². The Labute approximate surface area is 146 Å². The van der Waals surface area contributed by atoms with Crippen LogP contribution < -0.4 is 5.32 Å². The lowest BCUT2D eigenvalue weighted by atomic mass is 10.0. The van der Waals surface area contributed by atoms with Crippen molar-refractivity contribution in [2.45, 2.75) is 34.2 Å². The Morgan fingerprint density at radius 2 is 2.00 bits per heavy atom. The van der Waals surface area contributed by atoms with E-state index in [1.807, 2.05) is 0 Å². The molecule has 0 saturated carbocycles. The van der Waals surface area contributed by atoms with Crippen molar-refractivity contribution in [3.05, 3.63) is 50.9 Å². The quantitative estimate of drug-likeness (QED) is 0.760. The van der Waals surface area contributed by atoms with E-state index < -0.39 is 0 Å². The summed E-state index contributed by atoms with van der Waals surface area (Å²) in [6.07, 6.45) is 0. The third-order valence-electron chi connectivity index (χ3n) is 4.45. The predicted octanol–water partition coefficient (Wildman–Crippen LogP) is 3.72. The number of amides is 1. The van der Waals surface area contributed by atoms with E-state index in [-0.39, 0.29) is 5.91 Å². The molecule has 0 aliphatic carbocycles. The number of aromatic nitrogens is 3. The molecule has 3 rings (SSSR count). The van der Waals surface area contributed by atoms with Crippen molar-refractivity contribution < 1.29 is 4.79 Å². The highest BCUT2D eigenvalue weighted by atomic mass is 35.5. The number of hydrogen-bond acceptors (Lipinski definition) is 2. The maximum absolute atomic E-state index is 12.5. The van der Waals surface area contributed by atoms with Crippen molar-refractivity contribution in [1.82, 2.24) is 20.1 Å². The van der Waals surface area contributed by atoms with Gasteiger partial charge < -0.3 is 10.3 Å². The second kappa shape index (κ2) is 5.98. The predicted molar refractivity (Wildman–Crippen MR) is 96.6 cm³/mol. The van der Waals surface area contributed by atoms with Crippen LogP contribution in [-0.2, 0) is 13.6 Å². The zero-order valence-corrected chi connectivity index (χ0v) is 15.3. The maximum atomic E-state index is 12.5. The average Bonchev–Trinajstić information content (AvgIpc) is 2.94. The third kappa shape index (κ3) is 2.69. The molecular weight excluding hydrogens is 324 g/mol. The Bertz CT molecular complexity index is 952. The molecule has 0 bridgehead atoms. The first kappa shape index (κ1) is 16.6. The zero-order valence-electron chi connectivity index (χ0n) is 14.5. The summed E-state index contributed by atoms with van der Waals surface area (Å²) in [6, 6.07) is 4.26. The number of hydrogen-bond donors (Lipinski definition) is 2. The standard InChI is InChI=1S/C18H21ClN4O/c1-9-6-13(16-14(7-9)10(2)11(3)21-16)8-20-18(24)17-15(19)12(4)22-23(17)5/h6-7,21H,8H2,1-5H3,(H,20,24). The zero-order chi connectivity index (χ0) is 17.6. The minimum Gasteiger partial charge on any atom is -0.358 e. The lowest BCUT2D eigenvalue weighted by Gasteiger charge is -2.09. The van der Waals surface area contributed by atoms with Gasteiger partial charge in [0.05, 0.1) is 16.2 Å². The fraction of sp³-hybridized carbons (Fsp3) is 0.333. The molecular formula is C18H21ClN4O. The van der Waals surface area contributed by atoms with Gasteiger partial charge in [0.15, 0.2) is 0 Å². The van der Waals surface area contributed by atoms with Crippen molar-refractivity contribution in [2.24, 2.45) is 7.05 Å². The summed E-state index contributed by atoms with van der Waals surface area (Å²) >= 11 is 6.18. The van der Waals surface area contributed by atoms with Crippen LogP contribution in [0.1, 0.15) is 38.6 Å². The normalized spacial score (nSPS) is 11.2. The van der Waals surface area contributed by atoms with E-state index in [2.05, 4.69) is 48.3 Å². The molecule has 2 N–H and O–H groups in total. The molecule has 1 aromatic carbocycles. The molecule has 0 spiro atoms. The molecule has 3 aromatic rings. The van der Waals surface area contributed by atoms with Crippen LogP contribution in [0.25, 0.3) is 10.9 Å². The molecule has 0 atom stereocenters. The van der Waals surface area contributed by atoms with Gasteiger partial charge >= 0.3 is 0 Å². The second-order valence-corrected chi connectivity index (χ2v) is 6.65. The molecule has 2 heterocycles. The van der Waals surface area contributed by atoms with Gasteiger partial charge in [-0.25, -0.2) is 0 Å². The molecule has 2 aromatic heterocycles. The largest absolute Gasteiger partial charge is 0.358 e. The molecule has 0 aliphatic heterocycles. The first-order chi connectivity index (χ1) is 11.3. The monoisotopic (exact) mass is 344 g/mol. The number of benzene rings is 1. The molecule has 126 valence electrons. The minimum absolute atomic E-state index is 0.224. The number of carbonyl (C=O) groups excluding carboxylic acids is 1. The smallest absolute Gasteiger partial charge is 0.271 e. The molecule has 0 saturated heterocycles. The number of halogens is 1. The summed E-state index contributed by atoms with van der Waals surface area (Å²) in [4.78, 5) is 15.9. The molecule has 1 amide bonds. The van der Waals surface area contributed by atoms with Gasteiger partial charge in [-0.05, 0) is 44.9 Å².